The molecular formula is C46H89NO3. The number of hydrogen-bond acceptors (Lipinski definition) is 3. The zero-order valence-electron chi connectivity index (χ0n) is 33.9. The SMILES string of the molecule is CCCCCCC/C=C\C/C=C\CCCCCCCCCCCC(=O)NC(CO)C(O)CCCCCCCCCCCCCCCCCCC. The number of unbranched alkanes of at least 4 members (excludes halogenated alkanes) is 30. The molecule has 4 heteroatoms. The summed E-state index contributed by atoms with van der Waals surface area (Å²) in [6.07, 6.45) is 53.9. The fourth-order valence-corrected chi connectivity index (χ4v) is 6.98. The van der Waals surface area contributed by atoms with Gasteiger partial charge in [-0.15, -0.1) is 0 Å². The zero-order valence-corrected chi connectivity index (χ0v) is 33.9. The number of carbonyl (C=O) groups is 1. The second kappa shape index (κ2) is 42.3. The van der Waals surface area contributed by atoms with Crippen molar-refractivity contribution in [2.45, 2.75) is 257 Å². The summed E-state index contributed by atoms with van der Waals surface area (Å²) in [7, 11) is 0. The molecule has 3 N–H and O–H groups in total. The number of aliphatic hydroxyl groups excluding tert-OH is 2. The molecule has 50 heavy (non-hydrogen) atoms. The second-order valence-electron chi connectivity index (χ2n) is 15.5. The first-order valence-corrected chi connectivity index (χ1v) is 22.5. The van der Waals surface area contributed by atoms with E-state index in [0.717, 1.165) is 32.1 Å². The van der Waals surface area contributed by atoms with E-state index in [9.17, 15) is 15.0 Å². The van der Waals surface area contributed by atoms with Gasteiger partial charge in [-0.3, -0.25) is 4.79 Å². The van der Waals surface area contributed by atoms with Crippen LogP contribution in [-0.4, -0.2) is 34.9 Å². The first-order valence-electron chi connectivity index (χ1n) is 22.5. The highest BCUT2D eigenvalue weighted by Crippen LogP contribution is 2.16. The van der Waals surface area contributed by atoms with Crippen LogP contribution in [0.2, 0.25) is 0 Å². The maximum absolute atomic E-state index is 12.4. The smallest absolute Gasteiger partial charge is 0.220 e. The molecule has 0 bridgehead atoms. The lowest BCUT2D eigenvalue weighted by atomic mass is 10.0. The Morgan fingerprint density at radius 3 is 1.20 bits per heavy atom. The fraction of sp³-hybridized carbons (Fsp3) is 0.891. The van der Waals surface area contributed by atoms with E-state index in [-0.39, 0.29) is 12.5 Å². The van der Waals surface area contributed by atoms with Crippen molar-refractivity contribution in [1.82, 2.24) is 5.32 Å². The average Bonchev–Trinajstić information content (AvgIpc) is 3.12. The van der Waals surface area contributed by atoms with E-state index in [4.69, 9.17) is 0 Å². The number of allylic oxidation sites excluding steroid dienone is 4. The Balaban J connectivity index is 3.51. The fourth-order valence-electron chi connectivity index (χ4n) is 6.98. The molecule has 1 amide bonds. The van der Waals surface area contributed by atoms with Crippen LogP contribution in [0.1, 0.15) is 245 Å². The monoisotopic (exact) mass is 704 g/mol. The topological polar surface area (TPSA) is 69.6 Å². The minimum atomic E-state index is -0.659. The maximum atomic E-state index is 12.4. The summed E-state index contributed by atoms with van der Waals surface area (Å²) in [5.74, 6) is -0.0339. The van der Waals surface area contributed by atoms with E-state index in [0.29, 0.717) is 12.8 Å². The van der Waals surface area contributed by atoms with Crippen molar-refractivity contribution in [3.8, 4) is 0 Å². The van der Waals surface area contributed by atoms with Gasteiger partial charge >= 0.3 is 0 Å². The Hall–Kier alpha value is -1.13. The van der Waals surface area contributed by atoms with Crippen molar-refractivity contribution in [2.75, 3.05) is 6.61 Å². The molecule has 4 nitrogen and oxygen atoms in total. The molecule has 0 aromatic rings. The number of hydrogen-bond donors (Lipinski definition) is 3. The molecule has 0 fully saturated rings. The van der Waals surface area contributed by atoms with Gasteiger partial charge in [0.25, 0.3) is 0 Å². The molecule has 0 spiro atoms. The van der Waals surface area contributed by atoms with Gasteiger partial charge in [-0.2, -0.15) is 0 Å². The van der Waals surface area contributed by atoms with Crippen molar-refractivity contribution in [3.05, 3.63) is 24.3 Å². The lowest BCUT2D eigenvalue weighted by Crippen LogP contribution is -2.45. The highest BCUT2D eigenvalue weighted by Gasteiger charge is 2.20. The van der Waals surface area contributed by atoms with Crippen LogP contribution >= 0.6 is 0 Å². The van der Waals surface area contributed by atoms with Crippen molar-refractivity contribution in [1.29, 1.82) is 0 Å². The second-order valence-corrected chi connectivity index (χ2v) is 15.5. The van der Waals surface area contributed by atoms with Gasteiger partial charge in [0, 0.05) is 6.42 Å². The van der Waals surface area contributed by atoms with Crippen LogP contribution in [0.4, 0.5) is 0 Å². The minimum absolute atomic E-state index is 0.0339. The summed E-state index contributed by atoms with van der Waals surface area (Å²) in [6.45, 7) is 4.36. The Labute approximate surface area is 313 Å². The van der Waals surface area contributed by atoms with Gasteiger partial charge in [-0.25, -0.2) is 0 Å². The summed E-state index contributed by atoms with van der Waals surface area (Å²) in [5, 5.41) is 23.2. The van der Waals surface area contributed by atoms with Gasteiger partial charge in [0.05, 0.1) is 18.8 Å². The van der Waals surface area contributed by atoms with E-state index >= 15 is 0 Å². The molecule has 296 valence electrons. The van der Waals surface area contributed by atoms with Crippen LogP contribution in [0, 0.1) is 0 Å². The molecule has 0 radical (unpaired) electrons. The average molecular weight is 704 g/mol. The predicted octanol–water partition coefficient (Wildman–Crippen LogP) is 14.0. The molecule has 0 aliphatic rings. The Morgan fingerprint density at radius 1 is 0.480 bits per heavy atom. The summed E-state index contributed by atoms with van der Waals surface area (Å²) >= 11 is 0. The van der Waals surface area contributed by atoms with Crippen LogP contribution < -0.4 is 5.32 Å². The van der Waals surface area contributed by atoms with Crippen molar-refractivity contribution in [2.24, 2.45) is 0 Å². The molecule has 0 aliphatic heterocycles. The number of carbonyl (C=O) groups excluding carboxylic acids is 1. The Bertz CT molecular complexity index is 720. The molecule has 0 rings (SSSR count). The van der Waals surface area contributed by atoms with Crippen molar-refractivity contribution < 1.29 is 15.0 Å². The van der Waals surface area contributed by atoms with E-state index < -0.39 is 12.1 Å². The van der Waals surface area contributed by atoms with Crippen molar-refractivity contribution >= 4 is 5.91 Å². The van der Waals surface area contributed by atoms with E-state index in [1.165, 1.54) is 186 Å². The van der Waals surface area contributed by atoms with E-state index in [1.807, 2.05) is 0 Å². The standard InChI is InChI=1S/C46H89NO3/c1-3-5-7-9-11-13-15-17-19-21-22-23-24-26-28-30-32-34-36-38-40-42-46(50)47-44(43-48)45(49)41-39-37-35-33-31-29-27-25-20-18-16-14-12-10-8-6-4-2/h15,17,21-22,44-45,48-49H,3-14,16,18-20,23-43H2,1-2H3,(H,47,50)/b17-15-,22-21-. The summed E-state index contributed by atoms with van der Waals surface area (Å²) < 4.78 is 0. The highest BCUT2D eigenvalue weighted by molar-refractivity contribution is 5.76. The van der Waals surface area contributed by atoms with Gasteiger partial charge in [0.15, 0.2) is 0 Å². The summed E-state index contributed by atoms with van der Waals surface area (Å²) in [5.41, 5.74) is 0. The third kappa shape index (κ3) is 38.1. The number of amides is 1. The zero-order chi connectivity index (χ0) is 36.4. The van der Waals surface area contributed by atoms with Crippen LogP contribution in [0.25, 0.3) is 0 Å². The molecule has 0 saturated carbocycles. The normalized spacial score (nSPS) is 13.1. The van der Waals surface area contributed by atoms with Gasteiger partial charge in [-0.1, -0.05) is 218 Å². The Kier molecular flexibility index (Phi) is 41.3. The lowest BCUT2D eigenvalue weighted by Gasteiger charge is -2.22. The quantitative estimate of drug-likeness (QED) is 0.0438. The van der Waals surface area contributed by atoms with Crippen molar-refractivity contribution in [3.63, 3.8) is 0 Å². The van der Waals surface area contributed by atoms with Crippen LogP contribution in [0.3, 0.4) is 0 Å². The van der Waals surface area contributed by atoms with Crippen LogP contribution in [-0.2, 0) is 4.79 Å². The Morgan fingerprint density at radius 2 is 0.820 bits per heavy atom. The largest absolute Gasteiger partial charge is 0.394 e. The number of aliphatic hydroxyl groups is 2. The summed E-state index contributed by atoms with van der Waals surface area (Å²) in [6, 6.07) is -0.536. The third-order valence-electron chi connectivity index (χ3n) is 10.5. The number of nitrogens with one attached hydrogen (secondary N) is 1. The van der Waals surface area contributed by atoms with E-state index in [1.54, 1.807) is 0 Å². The van der Waals surface area contributed by atoms with Gasteiger partial charge < -0.3 is 15.5 Å². The molecule has 0 saturated heterocycles. The third-order valence-corrected chi connectivity index (χ3v) is 10.5. The first kappa shape index (κ1) is 48.9. The van der Waals surface area contributed by atoms with Gasteiger partial charge in [-0.05, 0) is 44.9 Å². The van der Waals surface area contributed by atoms with Gasteiger partial charge in [0.1, 0.15) is 0 Å². The predicted molar refractivity (Wildman–Crippen MR) is 221 cm³/mol. The van der Waals surface area contributed by atoms with E-state index in [2.05, 4.69) is 43.5 Å². The molecule has 0 aromatic carbocycles. The maximum Gasteiger partial charge on any atom is 0.220 e. The van der Waals surface area contributed by atoms with Crippen LogP contribution in [0.15, 0.2) is 24.3 Å². The lowest BCUT2D eigenvalue weighted by molar-refractivity contribution is -0.123. The van der Waals surface area contributed by atoms with Gasteiger partial charge in [0.2, 0.25) is 5.91 Å². The molecule has 0 heterocycles. The summed E-state index contributed by atoms with van der Waals surface area (Å²) in [4.78, 5) is 12.4. The molecular weight excluding hydrogens is 615 g/mol. The number of rotatable bonds is 41. The molecule has 2 atom stereocenters. The van der Waals surface area contributed by atoms with Crippen LogP contribution in [0.5, 0.6) is 0 Å². The first-order chi connectivity index (χ1) is 24.7. The highest BCUT2D eigenvalue weighted by atomic mass is 16.3. The minimum Gasteiger partial charge on any atom is -0.394 e. The molecule has 0 aliphatic carbocycles. The molecule has 2 unspecified atom stereocenters. The molecule has 0 aromatic heterocycles.